The summed E-state index contributed by atoms with van der Waals surface area (Å²) in [5.74, 6) is 0.0660. The van der Waals surface area contributed by atoms with Crippen molar-refractivity contribution >= 4 is 5.84 Å². The van der Waals surface area contributed by atoms with Gasteiger partial charge in [0.1, 0.15) is 5.69 Å². The number of hydrogen-bond acceptors (Lipinski definition) is 5. The first-order chi connectivity index (χ1) is 9.79. The van der Waals surface area contributed by atoms with Crippen LogP contribution in [-0.2, 0) is 6.54 Å². The van der Waals surface area contributed by atoms with Crippen molar-refractivity contribution in [1.82, 2.24) is 15.2 Å². The Balaban J connectivity index is 1.67. The lowest BCUT2D eigenvalue weighted by Crippen LogP contribution is -2.39. The third-order valence-electron chi connectivity index (χ3n) is 4.40. The summed E-state index contributed by atoms with van der Waals surface area (Å²) in [4.78, 5) is 6.77. The van der Waals surface area contributed by atoms with Gasteiger partial charge in [0.2, 0.25) is 0 Å². The molecule has 6 nitrogen and oxygen atoms in total. The maximum atomic E-state index is 8.81. The Morgan fingerprint density at radius 1 is 1.50 bits per heavy atom. The minimum atomic E-state index is 0.0660. The molecule has 1 aromatic heterocycles. The number of aromatic nitrogens is 1. The Morgan fingerprint density at radius 2 is 2.40 bits per heavy atom. The Hall–Kier alpha value is -1.66. The number of nitrogens with one attached hydrogen (secondary N) is 1. The van der Waals surface area contributed by atoms with Crippen molar-refractivity contribution in [3.63, 3.8) is 0 Å². The number of fused-ring (bicyclic) bond motifs is 1. The molecule has 2 saturated heterocycles. The fourth-order valence-electron chi connectivity index (χ4n) is 3.42. The molecule has 108 valence electrons. The highest BCUT2D eigenvalue weighted by atomic mass is 16.4. The van der Waals surface area contributed by atoms with Crippen LogP contribution in [-0.4, -0.2) is 46.1 Å². The molecule has 20 heavy (non-hydrogen) atoms. The zero-order chi connectivity index (χ0) is 13.9. The van der Waals surface area contributed by atoms with E-state index < -0.39 is 0 Å². The number of pyridine rings is 1. The second-order valence-corrected chi connectivity index (χ2v) is 5.52. The highest BCUT2D eigenvalue weighted by Gasteiger charge is 2.36. The van der Waals surface area contributed by atoms with Crippen molar-refractivity contribution in [2.75, 3.05) is 13.1 Å². The van der Waals surface area contributed by atoms with E-state index in [-0.39, 0.29) is 5.84 Å². The van der Waals surface area contributed by atoms with Gasteiger partial charge in [-0.05, 0) is 37.4 Å². The zero-order valence-electron chi connectivity index (χ0n) is 11.5. The maximum Gasteiger partial charge on any atom is 0.189 e. The molecule has 0 amide bonds. The summed E-state index contributed by atoms with van der Waals surface area (Å²) in [7, 11) is 0. The fourth-order valence-corrected chi connectivity index (χ4v) is 3.42. The van der Waals surface area contributed by atoms with Crippen molar-refractivity contribution in [3.05, 3.63) is 29.6 Å². The minimum Gasteiger partial charge on any atom is -0.409 e. The number of rotatable bonds is 4. The van der Waals surface area contributed by atoms with Crippen LogP contribution in [0.2, 0.25) is 0 Å². The second kappa shape index (κ2) is 5.76. The summed E-state index contributed by atoms with van der Waals surface area (Å²) in [6.07, 6.45) is 5.46. The first-order valence-corrected chi connectivity index (χ1v) is 7.19. The number of amidine groups is 1. The second-order valence-electron chi connectivity index (χ2n) is 5.52. The highest BCUT2D eigenvalue weighted by Crippen LogP contribution is 2.28. The standard InChI is InChI=1S/C14H21N5O/c15-14(18-20)13-10(3-1-6-16-13)9-17-11-5-8-19-7-2-4-12(11)19/h1,3,6,11-12,17,20H,2,4-5,7-9H2,(H2,15,18). The first-order valence-electron chi connectivity index (χ1n) is 7.19. The third-order valence-corrected chi connectivity index (χ3v) is 4.40. The molecule has 2 aliphatic rings. The lowest BCUT2D eigenvalue weighted by Gasteiger charge is -2.21. The van der Waals surface area contributed by atoms with Gasteiger partial charge in [-0.1, -0.05) is 11.2 Å². The van der Waals surface area contributed by atoms with E-state index in [9.17, 15) is 0 Å². The number of nitrogens with zero attached hydrogens (tertiary/aromatic N) is 3. The summed E-state index contributed by atoms with van der Waals surface area (Å²) in [6.45, 7) is 3.14. The lowest BCUT2D eigenvalue weighted by molar-refractivity contribution is 0.298. The van der Waals surface area contributed by atoms with Crippen LogP contribution in [0, 0.1) is 0 Å². The van der Waals surface area contributed by atoms with Crippen LogP contribution in [0.5, 0.6) is 0 Å². The Labute approximate surface area is 118 Å². The molecule has 3 rings (SSSR count). The summed E-state index contributed by atoms with van der Waals surface area (Å²) in [5.41, 5.74) is 7.20. The Morgan fingerprint density at radius 3 is 3.25 bits per heavy atom. The number of nitrogens with two attached hydrogens (primary N) is 1. The fraction of sp³-hybridized carbons (Fsp3) is 0.571. The van der Waals surface area contributed by atoms with Crippen molar-refractivity contribution in [1.29, 1.82) is 0 Å². The molecule has 0 saturated carbocycles. The van der Waals surface area contributed by atoms with E-state index in [1.54, 1.807) is 6.20 Å². The van der Waals surface area contributed by atoms with Crippen LogP contribution in [0.4, 0.5) is 0 Å². The van der Waals surface area contributed by atoms with Gasteiger partial charge in [0.15, 0.2) is 5.84 Å². The third kappa shape index (κ3) is 2.48. The van der Waals surface area contributed by atoms with Crippen LogP contribution in [0.3, 0.4) is 0 Å². The molecule has 3 heterocycles. The molecular formula is C14H21N5O. The predicted molar refractivity (Wildman–Crippen MR) is 76.6 cm³/mol. The van der Waals surface area contributed by atoms with Gasteiger partial charge >= 0.3 is 0 Å². The molecule has 0 aliphatic carbocycles. The normalized spacial score (nSPS) is 26.9. The molecule has 0 spiro atoms. The Bertz CT molecular complexity index is 504. The first kappa shape index (κ1) is 13.3. The quantitative estimate of drug-likeness (QED) is 0.322. The summed E-state index contributed by atoms with van der Waals surface area (Å²) >= 11 is 0. The van der Waals surface area contributed by atoms with Crippen molar-refractivity contribution < 1.29 is 5.21 Å². The molecule has 2 fully saturated rings. The van der Waals surface area contributed by atoms with E-state index in [2.05, 4.69) is 20.4 Å². The molecule has 2 aliphatic heterocycles. The van der Waals surface area contributed by atoms with Crippen LogP contribution < -0.4 is 11.1 Å². The molecule has 0 bridgehead atoms. The monoisotopic (exact) mass is 275 g/mol. The van der Waals surface area contributed by atoms with E-state index in [0.29, 0.717) is 24.3 Å². The SMILES string of the molecule is NC(=NO)c1ncccc1CNC1CCN2CCCC12. The van der Waals surface area contributed by atoms with Crippen LogP contribution in [0.15, 0.2) is 23.5 Å². The number of hydrogen-bond donors (Lipinski definition) is 3. The summed E-state index contributed by atoms with van der Waals surface area (Å²) in [6, 6.07) is 5.06. The zero-order valence-corrected chi connectivity index (χ0v) is 11.5. The molecule has 1 aromatic rings. The molecule has 0 radical (unpaired) electrons. The van der Waals surface area contributed by atoms with E-state index in [1.165, 1.54) is 32.4 Å². The van der Waals surface area contributed by atoms with E-state index in [0.717, 1.165) is 5.56 Å². The minimum absolute atomic E-state index is 0.0660. The van der Waals surface area contributed by atoms with Gasteiger partial charge in [-0.25, -0.2) is 0 Å². The van der Waals surface area contributed by atoms with Crippen molar-refractivity contribution in [2.24, 2.45) is 10.9 Å². The van der Waals surface area contributed by atoms with Gasteiger partial charge in [0.05, 0.1) is 0 Å². The van der Waals surface area contributed by atoms with Crippen LogP contribution in [0.1, 0.15) is 30.5 Å². The van der Waals surface area contributed by atoms with Crippen molar-refractivity contribution in [2.45, 2.75) is 37.9 Å². The molecule has 6 heteroatoms. The van der Waals surface area contributed by atoms with Gasteiger partial charge in [-0.3, -0.25) is 9.88 Å². The number of oxime groups is 1. The van der Waals surface area contributed by atoms with E-state index in [1.807, 2.05) is 12.1 Å². The summed E-state index contributed by atoms with van der Waals surface area (Å²) < 4.78 is 0. The molecule has 2 atom stereocenters. The molecule has 4 N–H and O–H groups in total. The molecular weight excluding hydrogens is 254 g/mol. The largest absolute Gasteiger partial charge is 0.409 e. The van der Waals surface area contributed by atoms with Gasteiger partial charge < -0.3 is 16.3 Å². The van der Waals surface area contributed by atoms with E-state index >= 15 is 0 Å². The average molecular weight is 275 g/mol. The highest BCUT2D eigenvalue weighted by molar-refractivity contribution is 5.96. The summed E-state index contributed by atoms with van der Waals surface area (Å²) in [5, 5.41) is 15.5. The lowest BCUT2D eigenvalue weighted by atomic mass is 10.1. The maximum absolute atomic E-state index is 8.81. The van der Waals surface area contributed by atoms with Gasteiger partial charge in [0.25, 0.3) is 0 Å². The van der Waals surface area contributed by atoms with Crippen LogP contribution in [0.25, 0.3) is 0 Å². The van der Waals surface area contributed by atoms with Gasteiger partial charge in [0, 0.05) is 31.4 Å². The molecule has 2 unspecified atom stereocenters. The average Bonchev–Trinajstić information content (AvgIpc) is 3.08. The van der Waals surface area contributed by atoms with Crippen molar-refractivity contribution in [3.8, 4) is 0 Å². The predicted octanol–water partition coefficient (Wildman–Crippen LogP) is 0.502. The smallest absolute Gasteiger partial charge is 0.189 e. The van der Waals surface area contributed by atoms with E-state index in [4.69, 9.17) is 10.9 Å². The van der Waals surface area contributed by atoms with Gasteiger partial charge in [-0.2, -0.15) is 0 Å². The van der Waals surface area contributed by atoms with Crippen LogP contribution >= 0.6 is 0 Å². The van der Waals surface area contributed by atoms with Gasteiger partial charge in [-0.15, -0.1) is 0 Å². The topological polar surface area (TPSA) is 86.8 Å². The molecule has 0 aromatic carbocycles. The Kier molecular flexibility index (Phi) is 3.84.